The number of carboxylic acid groups (broad SMARTS) is 2. The zero-order chi connectivity index (χ0) is 15.2. The second kappa shape index (κ2) is 4.69. The number of aliphatic carboxylic acids is 2. The van der Waals surface area contributed by atoms with E-state index in [2.05, 4.69) is 5.32 Å². The van der Waals surface area contributed by atoms with Crippen molar-refractivity contribution in [2.24, 2.45) is 23.5 Å². The molecule has 0 saturated heterocycles. The molecule has 0 aromatic heterocycles. The molecule has 0 aromatic carbocycles. The highest BCUT2D eigenvalue weighted by Gasteiger charge is 2.73. The minimum absolute atomic E-state index is 0.184. The normalized spacial score (nSPS) is 39.8. The largest absolute Gasteiger partial charge is 0.481 e. The first-order chi connectivity index (χ1) is 9.19. The number of carbonyl (C=O) groups excluding carboxylic acids is 1. The average Bonchev–Trinajstić information content (AvgIpc) is 2.97. The molecule has 7 nitrogen and oxygen atoms in total. The van der Waals surface area contributed by atoms with Gasteiger partial charge in [0.05, 0.1) is 23.9 Å². The molecule has 5 N–H and O–H groups in total. The Labute approximate surface area is 114 Å². The molecule has 2 rings (SSSR count). The molecule has 0 spiro atoms. The van der Waals surface area contributed by atoms with E-state index in [4.69, 9.17) is 15.9 Å². The molecular formula is C12H17FN2O5. The molecule has 0 unspecified atom stereocenters. The predicted molar refractivity (Wildman–Crippen MR) is 64.4 cm³/mol. The first-order valence-electron chi connectivity index (χ1n) is 6.36. The topological polar surface area (TPSA) is 130 Å². The second-order valence-electron chi connectivity index (χ2n) is 5.69. The molecule has 2 saturated carbocycles. The number of nitrogens with one attached hydrogen (secondary N) is 1. The fraction of sp³-hybridized carbons (Fsp3) is 0.750. The van der Waals surface area contributed by atoms with Gasteiger partial charge in [0.15, 0.2) is 0 Å². The summed E-state index contributed by atoms with van der Waals surface area (Å²) in [6, 6.07) is -0.875. The minimum Gasteiger partial charge on any atom is -0.481 e. The van der Waals surface area contributed by atoms with Crippen LogP contribution in [0, 0.1) is 17.8 Å². The van der Waals surface area contributed by atoms with E-state index in [1.807, 2.05) is 0 Å². The fourth-order valence-corrected chi connectivity index (χ4v) is 3.43. The third-order valence-corrected chi connectivity index (χ3v) is 4.23. The summed E-state index contributed by atoms with van der Waals surface area (Å²) in [4.78, 5) is 33.8. The standard InChI is InChI=1S/C12H17FN2O5/c1-4(14)10(18)15-12(3-6(16)17)2-5(13)7-8(9(7)12)11(19)20/h4-5,7-9H,2-3,14H2,1H3,(H,15,18)(H,16,17)(H,19,20)/t4-,5+,7-,8-,9-,12+/m0/s1. The number of fused-ring (bicyclic) bond motifs is 1. The quantitative estimate of drug-likeness (QED) is 0.532. The van der Waals surface area contributed by atoms with E-state index in [1.165, 1.54) is 6.92 Å². The van der Waals surface area contributed by atoms with Crippen LogP contribution >= 0.6 is 0 Å². The van der Waals surface area contributed by atoms with Crippen molar-refractivity contribution in [3.8, 4) is 0 Å². The maximum absolute atomic E-state index is 13.9. The Kier molecular flexibility index (Phi) is 3.45. The Morgan fingerprint density at radius 1 is 1.45 bits per heavy atom. The lowest BCUT2D eigenvalue weighted by atomic mass is 9.86. The van der Waals surface area contributed by atoms with Gasteiger partial charge in [-0.15, -0.1) is 0 Å². The highest BCUT2D eigenvalue weighted by molar-refractivity contribution is 5.84. The van der Waals surface area contributed by atoms with Crippen LogP contribution in [0.2, 0.25) is 0 Å². The van der Waals surface area contributed by atoms with E-state index in [0.717, 1.165) is 0 Å². The number of hydrogen-bond acceptors (Lipinski definition) is 4. The molecule has 2 fully saturated rings. The van der Waals surface area contributed by atoms with Crippen molar-refractivity contribution in [2.45, 2.75) is 37.5 Å². The summed E-state index contributed by atoms with van der Waals surface area (Å²) >= 11 is 0. The Balaban J connectivity index is 2.27. The number of hydrogen-bond donors (Lipinski definition) is 4. The molecule has 0 heterocycles. The average molecular weight is 288 g/mol. The monoisotopic (exact) mass is 288 g/mol. The van der Waals surface area contributed by atoms with Gasteiger partial charge in [0.2, 0.25) is 5.91 Å². The van der Waals surface area contributed by atoms with Gasteiger partial charge in [-0.2, -0.15) is 0 Å². The van der Waals surface area contributed by atoms with Crippen molar-refractivity contribution in [1.82, 2.24) is 5.32 Å². The smallest absolute Gasteiger partial charge is 0.307 e. The molecule has 1 amide bonds. The van der Waals surface area contributed by atoms with E-state index < -0.39 is 59.8 Å². The van der Waals surface area contributed by atoms with Crippen molar-refractivity contribution in [2.75, 3.05) is 0 Å². The summed E-state index contributed by atoms with van der Waals surface area (Å²) in [6.45, 7) is 1.42. The van der Waals surface area contributed by atoms with E-state index in [9.17, 15) is 18.8 Å². The number of carboxylic acids is 2. The van der Waals surface area contributed by atoms with Crippen LogP contribution in [0.4, 0.5) is 4.39 Å². The fourth-order valence-electron chi connectivity index (χ4n) is 3.43. The molecule has 2 aliphatic carbocycles. The van der Waals surface area contributed by atoms with Crippen molar-refractivity contribution in [3.05, 3.63) is 0 Å². The van der Waals surface area contributed by atoms with Crippen molar-refractivity contribution < 1.29 is 29.0 Å². The Bertz CT molecular complexity index is 469. The van der Waals surface area contributed by atoms with Crippen molar-refractivity contribution in [3.63, 3.8) is 0 Å². The van der Waals surface area contributed by atoms with Crippen LogP contribution in [-0.2, 0) is 14.4 Å². The Morgan fingerprint density at radius 3 is 2.45 bits per heavy atom. The molecule has 6 atom stereocenters. The van der Waals surface area contributed by atoms with Gasteiger partial charge in [-0.05, 0) is 6.92 Å². The molecule has 112 valence electrons. The molecular weight excluding hydrogens is 271 g/mol. The first kappa shape index (κ1) is 14.7. The summed E-state index contributed by atoms with van der Waals surface area (Å²) in [5.74, 6) is -5.32. The third kappa shape index (κ3) is 2.24. The van der Waals surface area contributed by atoms with Crippen LogP contribution in [0.25, 0.3) is 0 Å². The zero-order valence-corrected chi connectivity index (χ0v) is 10.9. The lowest BCUT2D eigenvalue weighted by Crippen LogP contribution is -2.55. The maximum Gasteiger partial charge on any atom is 0.307 e. The number of amides is 1. The van der Waals surface area contributed by atoms with Crippen molar-refractivity contribution in [1.29, 1.82) is 0 Å². The summed E-state index contributed by atoms with van der Waals surface area (Å²) in [5, 5.41) is 20.5. The van der Waals surface area contributed by atoms with E-state index in [1.54, 1.807) is 0 Å². The van der Waals surface area contributed by atoms with Gasteiger partial charge in [0.25, 0.3) is 0 Å². The predicted octanol–water partition coefficient (Wildman–Crippen LogP) is -0.648. The van der Waals surface area contributed by atoms with Crippen LogP contribution in [0.15, 0.2) is 0 Å². The molecule has 20 heavy (non-hydrogen) atoms. The summed E-state index contributed by atoms with van der Waals surface area (Å²) < 4.78 is 13.9. The molecule has 0 radical (unpaired) electrons. The molecule has 0 bridgehead atoms. The number of halogens is 1. The van der Waals surface area contributed by atoms with Crippen LogP contribution in [0.3, 0.4) is 0 Å². The van der Waals surface area contributed by atoms with Gasteiger partial charge in [0.1, 0.15) is 6.17 Å². The Hall–Kier alpha value is -1.70. The number of carbonyl (C=O) groups is 3. The van der Waals surface area contributed by atoms with E-state index in [-0.39, 0.29) is 6.42 Å². The summed E-state index contributed by atoms with van der Waals surface area (Å²) in [7, 11) is 0. The molecule has 2 aliphatic rings. The van der Waals surface area contributed by atoms with Crippen LogP contribution in [-0.4, -0.2) is 45.8 Å². The van der Waals surface area contributed by atoms with Gasteiger partial charge >= 0.3 is 11.9 Å². The van der Waals surface area contributed by atoms with Gasteiger partial charge in [-0.25, -0.2) is 4.39 Å². The van der Waals surface area contributed by atoms with Crippen LogP contribution in [0.1, 0.15) is 19.8 Å². The number of rotatable bonds is 5. The SMILES string of the molecule is C[C@H](N)C(=O)N[C@@]1(CC(=O)O)C[C@@H](F)[C@H]2[C@H](C(=O)O)[C@H]21. The van der Waals surface area contributed by atoms with E-state index >= 15 is 0 Å². The summed E-state index contributed by atoms with van der Waals surface area (Å²) in [6.07, 6.45) is -2.11. The maximum atomic E-state index is 13.9. The minimum atomic E-state index is -1.42. The highest BCUT2D eigenvalue weighted by atomic mass is 19.1. The lowest BCUT2D eigenvalue weighted by Gasteiger charge is -2.32. The number of nitrogens with two attached hydrogens (primary N) is 1. The van der Waals surface area contributed by atoms with Gasteiger partial charge in [-0.1, -0.05) is 0 Å². The lowest BCUT2D eigenvalue weighted by molar-refractivity contribution is -0.143. The van der Waals surface area contributed by atoms with E-state index in [0.29, 0.717) is 0 Å². The van der Waals surface area contributed by atoms with Crippen LogP contribution < -0.4 is 11.1 Å². The van der Waals surface area contributed by atoms with Crippen molar-refractivity contribution >= 4 is 17.8 Å². The molecule has 0 aliphatic heterocycles. The molecule has 0 aromatic rings. The third-order valence-electron chi connectivity index (χ3n) is 4.23. The first-order valence-corrected chi connectivity index (χ1v) is 6.36. The highest BCUT2D eigenvalue weighted by Crippen LogP contribution is 2.64. The number of alkyl halides is 1. The second-order valence-corrected chi connectivity index (χ2v) is 5.69. The van der Waals surface area contributed by atoms with Gasteiger partial charge in [-0.3, -0.25) is 14.4 Å². The Morgan fingerprint density at radius 2 is 2.05 bits per heavy atom. The zero-order valence-electron chi connectivity index (χ0n) is 10.9. The van der Waals surface area contributed by atoms with Gasteiger partial charge < -0.3 is 21.3 Å². The van der Waals surface area contributed by atoms with Crippen LogP contribution in [0.5, 0.6) is 0 Å². The molecule has 8 heteroatoms. The van der Waals surface area contributed by atoms with Gasteiger partial charge in [0, 0.05) is 18.3 Å². The summed E-state index contributed by atoms with van der Waals surface area (Å²) in [5.41, 5.74) is 4.06.